The van der Waals surface area contributed by atoms with Crippen molar-refractivity contribution in [1.29, 1.82) is 0 Å². The molecule has 0 saturated carbocycles. The molecule has 1 aromatic carbocycles. The van der Waals surface area contributed by atoms with Gasteiger partial charge in [0.25, 0.3) is 5.91 Å². The molecule has 0 radical (unpaired) electrons. The lowest BCUT2D eigenvalue weighted by Crippen LogP contribution is -2.79. The van der Waals surface area contributed by atoms with Crippen LogP contribution in [-0.4, -0.2) is 74.0 Å². The molecule has 11 heteroatoms. The Bertz CT molecular complexity index is 927. The first-order valence-electron chi connectivity index (χ1n) is 9.72. The van der Waals surface area contributed by atoms with Gasteiger partial charge in [0.05, 0.1) is 20.8 Å². The summed E-state index contributed by atoms with van der Waals surface area (Å²) in [6, 6.07) is 5.12. The van der Waals surface area contributed by atoms with E-state index in [9.17, 15) is 14.4 Å². The van der Waals surface area contributed by atoms with Crippen molar-refractivity contribution in [2.45, 2.75) is 24.4 Å². The molecule has 1 saturated heterocycles. The van der Waals surface area contributed by atoms with Crippen molar-refractivity contribution in [2.75, 3.05) is 40.3 Å². The van der Waals surface area contributed by atoms with Gasteiger partial charge in [-0.15, -0.1) is 11.8 Å². The van der Waals surface area contributed by atoms with Gasteiger partial charge in [-0.3, -0.25) is 14.5 Å². The van der Waals surface area contributed by atoms with Gasteiger partial charge in [0.1, 0.15) is 41.3 Å². The van der Waals surface area contributed by atoms with E-state index in [0.717, 1.165) is 0 Å². The maximum atomic E-state index is 13.1. The molecule has 1 amide bonds. The predicted molar refractivity (Wildman–Crippen MR) is 115 cm³/mol. The summed E-state index contributed by atoms with van der Waals surface area (Å²) in [7, 11) is 4.49. The smallest absolute Gasteiger partial charge is 0.355 e. The third-order valence-corrected chi connectivity index (χ3v) is 6.55. The van der Waals surface area contributed by atoms with E-state index in [1.54, 1.807) is 18.2 Å². The van der Waals surface area contributed by atoms with Gasteiger partial charge in [0.15, 0.2) is 0 Å². The van der Waals surface area contributed by atoms with Crippen LogP contribution in [0.3, 0.4) is 0 Å². The molecule has 3 rings (SSSR count). The first kappa shape index (κ1) is 23.9. The summed E-state index contributed by atoms with van der Waals surface area (Å²) < 4.78 is 26.2. The van der Waals surface area contributed by atoms with Crippen molar-refractivity contribution in [3.63, 3.8) is 0 Å². The first-order valence-corrected chi connectivity index (χ1v) is 10.8. The van der Waals surface area contributed by atoms with E-state index in [1.165, 1.54) is 44.9 Å². The fraction of sp³-hybridized carbons (Fsp3) is 0.476. The Labute approximate surface area is 189 Å². The lowest BCUT2D eigenvalue weighted by molar-refractivity contribution is -0.159. The molecule has 0 bridgehead atoms. The molecule has 10 nitrogen and oxygen atoms in total. The molecule has 1 fully saturated rings. The third-order valence-electron chi connectivity index (χ3n) is 5.09. The quantitative estimate of drug-likeness (QED) is 0.413. The summed E-state index contributed by atoms with van der Waals surface area (Å²) in [4.78, 5) is 38.6. The lowest BCUT2D eigenvalue weighted by Gasteiger charge is -2.55. The third kappa shape index (κ3) is 4.54. The standard InChI is InChI=1S/C21H26N2O8S/c1-12(24)30-9-14-10-32-20-21(22,11-27-2)19(26)23(20)17(14)18(25)31-8-13-5-15(28-3)7-16(6-13)29-4/h5-7,20H,8-11,22H2,1-4H3/t20-,21+/m1/s1. The number of rotatable bonds is 9. The average Bonchev–Trinajstić information content (AvgIpc) is 2.79. The maximum Gasteiger partial charge on any atom is 0.355 e. The van der Waals surface area contributed by atoms with E-state index in [1.807, 2.05) is 0 Å². The SMILES string of the molecule is COC[C@]1(N)C(=O)N2C(C(=O)OCc3cc(OC)cc(OC)c3)=C(COC(C)=O)CS[C@@H]21. The van der Waals surface area contributed by atoms with Gasteiger partial charge in [0.2, 0.25) is 0 Å². The number of methoxy groups -OCH3 is 3. The highest BCUT2D eigenvalue weighted by Gasteiger charge is 2.62. The maximum absolute atomic E-state index is 13.1. The Hall–Kier alpha value is -2.76. The number of carbonyl (C=O) groups excluding carboxylic acids is 3. The second-order valence-electron chi connectivity index (χ2n) is 7.34. The van der Waals surface area contributed by atoms with Gasteiger partial charge in [-0.05, 0) is 17.7 Å². The minimum absolute atomic E-state index is 0.0191. The number of esters is 2. The summed E-state index contributed by atoms with van der Waals surface area (Å²) in [5.74, 6) is -0.224. The van der Waals surface area contributed by atoms with Crippen LogP contribution in [0.1, 0.15) is 12.5 Å². The number of hydrogen-bond donors (Lipinski definition) is 1. The normalized spacial score (nSPS) is 22.1. The Morgan fingerprint density at radius 1 is 1.12 bits per heavy atom. The molecule has 32 heavy (non-hydrogen) atoms. The zero-order valence-electron chi connectivity index (χ0n) is 18.3. The van der Waals surface area contributed by atoms with Gasteiger partial charge in [0, 0.05) is 31.4 Å². The number of benzene rings is 1. The summed E-state index contributed by atoms with van der Waals surface area (Å²) in [5.41, 5.74) is 6.17. The minimum atomic E-state index is -1.24. The van der Waals surface area contributed by atoms with Gasteiger partial charge in [-0.25, -0.2) is 4.79 Å². The van der Waals surface area contributed by atoms with Crippen LogP contribution in [0, 0.1) is 0 Å². The fourth-order valence-corrected chi connectivity index (χ4v) is 4.94. The average molecular weight is 467 g/mol. The highest BCUT2D eigenvalue weighted by molar-refractivity contribution is 8.00. The zero-order valence-corrected chi connectivity index (χ0v) is 19.2. The van der Waals surface area contributed by atoms with Crippen LogP contribution < -0.4 is 15.2 Å². The minimum Gasteiger partial charge on any atom is -0.497 e. The molecule has 0 aliphatic carbocycles. The molecule has 1 aromatic rings. The van der Waals surface area contributed by atoms with Crippen LogP contribution in [0.15, 0.2) is 29.5 Å². The number of fused-ring (bicyclic) bond motifs is 1. The van der Waals surface area contributed by atoms with E-state index < -0.39 is 28.8 Å². The molecule has 0 aromatic heterocycles. The number of ether oxygens (including phenoxy) is 5. The molecular formula is C21H26N2O8S. The number of nitrogens with two attached hydrogens (primary N) is 1. The zero-order chi connectivity index (χ0) is 23.5. The number of thioether (sulfide) groups is 1. The van der Waals surface area contributed by atoms with Crippen molar-refractivity contribution in [2.24, 2.45) is 5.73 Å². The Morgan fingerprint density at radius 2 is 1.78 bits per heavy atom. The second kappa shape index (κ2) is 9.80. The van der Waals surface area contributed by atoms with Crippen LogP contribution in [0.5, 0.6) is 11.5 Å². The number of nitrogens with zero attached hydrogens (tertiary/aromatic N) is 1. The van der Waals surface area contributed by atoms with Crippen molar-refractivity contribution >= 4 is 29.6 Å². The van der Waals surface area contributed by atoms with Crippen LogP contribution in [0.4, 0.5) is 0 Å². The van der Waals surface area contributed by atoms with E-state index in [-0.39, 0.29) is 25.5 Å². The van der Waals surface area contributed by atoms with Crippen LogP contribution >= 0.6 is 11.8 Å². The summed E-state index contributed by atoms with van der Waals surface area (Å²) >= 11 is 1.38. The van der Waals surface area contributed by atoms with Gasteiger partial charge in [-0.2, -0.15) is 0 Å². The van der Waals surface area contributed by atoms with Crippen LogP contribution in [0.25, 0.3) is 0 Å². The van der Waals surface area contributed by atoms with Gasteiger partial charge in [-0.1, -0.05) is 0 Å². The van der Waals surface area contributed by atoms with Crippen LogP contribution in [0.2, 0.25) is 0 Å². The Morgan fingerprint density at radius 3 is 2.34 bits per heavy atom. The molecule has 2 aliphatic heterocycles. The highest BCUT2D eigenvalue weighted by atomic mass is 32.2. The Kier molecular flexibility index (Phi) is 7.32. The highest BCUT2D eigenvalue weighted by Crippen LogP contribution is 2.45. The molecular weight excluding hydrogens is 440 g/mol. The fourth-order valence-electron chi connectivity index (χ4n) is 3.54. The molecule has 2 N–H and O–H groups in total. The second-order valence-corrected chi connectivity index (χ2v) is 8.41. The summed E-state index contributed by atoms with van der Waals surface area (Å²) in [6.45, 7) is 1.08. The number of amides is 1. The first-order chi connectivity index (χ1) is 15.2. The predicted octanol–water partition coefficient (Wildman–Crippen LogP) is 0.823. The van der Waals surface area contributed by atoms with Crippen molar-refractivity contribution in [3.8, 4) is 11.5 Å². The number of carbonyl (C=O) groups is 3. The lowest BCUT2D eigenvalue weighted by atomic mass is 9.88. The molecule has 0 unspecified atom stereocenters. The summed E-state index contributed by atoms with van der Waals surface area (Å²) in [6.07, 6.45) is 0. The monoisotopic (exact) mass is 466 g/mol. The van der Waals surface area contributed by atoms with Crippen molar-refractivity contribution in [3.05, 3.63) is 35.0 Å². The van der Waals surface area contributed by atoms with Crippen molar-refractivity contribution < 1.29 is 38.1 Å². The van der Waals surface area contributed by atoms with Gasteiger partial charge >= 0.3 is 11.9 Å². The molecule has 174 valence electrons. The van der Waals surface area contributed by atoms with E-state index >= 15 is 0 Å². The van der Waals surface area contributed by atoms with Gasteiger partial charge < -0.3 is 29.4 Å². The van der Waals surface area contributed by atoms with Crippen molar-refractivity contribution in [1.82, 2.24) is 4.90 Å². The molecule has 2 heterocycles. The number of β-lactam (4-membered cyclic amide) rings is 1. The van der Waals surface area contributed by atoms with E-state index in [2.05, 4.69) is 0 Å². The molecule has 2 atom stereocenters. The van der Waals surface area contributed by atoms with E-state index in [0.29, 0.717) is 28.4 Å². The largest absolute Gasteiger partial charge is 0.497 e. The number of hydrogen-bond acceptors (Lipinski definition) is 10. The molecule has 2 aliphatic rings. The molecule has 0 spiro atoms. The Balaban J connectivity index is 1.84. The van der Waals surface area contributed by atoms with Crippen LogP contribution in [-0.2, 0) is 35.2 Å². The summed E-state index contributed by atoms with van der Waals surface area (Å²) in [5, 5.41) is -0.490. The van der Waals surface area contributed by atoms with E-state index in [4.69, 9.17) is 29.4 Å². The topological polar surface area (TPSA) is 127 Å².